The third-order valence-corrected chi connectivity index (χ3v) is 3.76. The summed E-state index contributed by atoms with van der Waals surface area (Å²) in [4.78, 5) is 22.0. The molecule has 15 heavy (non-hydrogen) atoms. The van der Waals surface area contributed by atoms with Crippen molar-refractivity contribution in [1.29, 1.82) is 0 Å². The average Bonchev–Trinajstić information content (AvgIpc) is 2.66. The number of hydrogen-bond donors (Lipinski definition) is 2. The summed E-state index contributed by atoms with van der Waals surface area (Å²) in [6, 6.07) is 0. The van der Waals surface area contributed by atoms with Crippen molar-refractivity contribution in [2.45, 2.75) is 24.6 Å². The van der Waals surface area contributed by atoms with Gasteiger partial charge < -0.3 is 10.4 Å². The van der Waals surface area contributed by atoms with Crippen LogP contribution in [0.1, 0.15) is 20.3 Å². The van der Waals surface area contributed by atoms with Crippen LogP contribution in [-0.2, 0) is 9.59 Å². The molecule has 1 unspecified atom stereocenters. The lowest BCUT2D eigenvalue weighted by Crippen LogP contribution is -2.40. The first-order valence-corrected chi connectivity index (χ1v) is 5.37. The fraction of sp³-hybridized carbons (Fsp3) is 0.778. The zero-order valence-electron chi connectivity index (χ0n) is 8.51. The molecule has 0 radical (unpaired) electrons. The van der Waals surface area contributed by atoms with Crippen LogP contribution in [0.5, 0.6) is 0 Å². The second-order valence-corrected chi connectivity index (χ2v) is 5.57. The van der Waals surface area contributed by atoms with E-state index in [0.29, 0.717) is 6.42 Å². The van der Waals surface area contributed by atoms with Gasteiger partial charge in [-0.1, -0.05) is 13.8 Å². The number of aliphatic carboxylic acids is 1. The number of halogens is 2. The van der Waals surface area contributed by atoms with Gasteiger partial charge in [0.1, 0.15) is 10.9 Å². The number of carboxylic acids is 1. The number of carbonyl (C=O) groups excluding carboxylic acids is 1. The Hall–Kier alpha value is -0.480. The first-order valence-electron chi connectivity index (χ1n) is 4.62. The van der Waals surface area contributed by atoms with Crippen LogP contribution in [0.2, 0.25) is 0 Å². The number of carbonyl (C=O) groups is 2. The fourth-order valence-corrected chi connectivity index (χ4v) is 2.78. The first kappa shape index (κ1) is 12.6. The van der Waals surface area contributed by atoms with E-state index in [1.165, 1.54) is 0 Å². The maximum Gasteiger partial charge on any atom is 0.322 e. The zero-order valence-corrected chi connectivity index (χ0v) is 10.0. The van der Waals surface area contributed by atoms with Gasteiger partial charge in [-0.25, -0.2) is 0 Å². The third-order valence-electron chi connectivity index (χ3n) is 2.82. The molecule has 86 valence electrons. The monoisotopic (exact) mass is 253 g/mol. The van der Waals surface area contributed by atoms with Crippen LogP contribution in [0.3, 0.4) is 0 Å². The van der Waals surface area contributed by atoms with Gasteiger partial charge in [-0.2, -0.15) is 0 Å². The molecule has 1 atom stereocenters. The van der Waals surface area contributed by atoms with E-state index in [-0.39, 0.29) is 11.8 Å². The molecule has 0 saturated heterocycles. The Morgan fingerprint density at radius 1 is 1.47 bits per heavy atom. The normalized spacial score (nSPS) is 27.5. The molecule has 0 aromatic rings. The summed E-state index contributed by atoms with van der Waals surface area (Å²) in [7, 11) is 0. The highest BCUT2D eigenvalue weighted by Gasteiger charge is 2.72. The Bertz CT molecular complexity index is 304. The van der Waals surface area contributed by atoms with Crippen LogP contribution in [0.4, 0.5) is 0 Å². The Labute approximate surface area is 97.9 Å². The van der Waals surface area contributed by atoms with E-state index in [1.807, 2.05) is 13.8 Å². The highest BCUT2D eigenvalue weighted by molar-refractivity contribution is 6.53. The summed E-state index contributed by atoms with van der Waals surface area (Å²) in [5.41, 5.74) is -0.842. The van der Waals surface area contributed by atoms with E-state index in [1.54, 1.807) is 0 Å². The Kier molecular flexibility index (Phi) is 3.22. The SMILES string of the molecule is CC(C)C1(C(=O)NCC(=O)O)CC1(Cl)Cl. The first-order chi connectivity index (χ1) is 6.74. The van der Waals surface area contributed by atoms with Gasteiger partial charge in [0, 0.05) is 0 Å². The molecule has 0 heterocycles. The van der Waals surface area contributed by atoms with Crippen LogP contribution in [0.15, 0.2) is 0 Å². The number of carboxylic acid groups (broad SMARTS) is 1. The van der Waals surface area contributed by atoms with Crippen LogP contribution in [0, 0.1) is 11.3 Å². The lowest BCUT2D eigenvalue weighted by atomic mass is 9.91. The quantitative estimate of drug-likeness (QED) is 0.745. The van der Waals surface area contributed by atoms with Gasteiger partial charge in [-0.15, -0.1) is 23.2 Å². The van der Waals surface area contributed by atoms with E-state index < -0.39 is 22.3 Å². The molecular weight excluding hydrogens is 241 g/mol. The topological polar surface area (TPSA) is 66.4 Å². The summed E-state index contributed by atoms with van der Waals surface area (Å²) in [6.45, 7) is 3.27. The standard InChI is InChI=1S/C9H13Cl2NO3/c1-5(2)8(4-9(8,10)11)7(15)12-3-6(13)14/h5H,3-4H2,1-2H3,(H,12,15)(H,13,14). The largest absolute Gasteiger partial charge is 0.480 e. The van der Waals surface area contributed by atoms with Crippen molar-refractivity contribution in [3.8, 4) is 0 Å². The summed E-state index contributed by atoms with van der Waals surface area (Å²) in [5, 5.41) is 10.8. The van der Waals surface area contributed by atoms with Crippen molar-refractivity contribution < 1.29 is 14.7 Å². The van der Waals surface area contributed by atoms with Gasteiger partial charge >= 0.3 is 5.97 Å². The summed E-state index contributed by atoms with van der Waals surface area (Å²) in [6.07, 6.45) is 0.367. The van der Waals surface area contributed by atoms with E-state index in [9.17, 15) is 9.59 Å². The Balaban J connectivity index is 2.69. The highest BCUT2D eigenvalue weighted by atomic mass is 35.5. The Morgan fingerprint density at radius 2 is 1.93 bits per heavy atom. The molecule has 0 aromatic carbocycles. The highest BCUT2D eigenvalue weighted by Crippen LogP contribution is 2.67. The van der Waals surface area contributed by atoms with E-state index in [0.717, 1.165) is 0 Å². The fourth-order valence-electron chi connectivity index (χ4n) is 1.75. The van der Waals surface area contributed by atoms with Gasteiger partial charge in [-0.05, 0) is 12.3 Å². The molecule has 0 aromatic heterocycles. The molecule has 1 fully saturated rings. The van der Waals surface area contributed by atoms with Gasteiger partial charge in [0.25, 0.3) is 0 Å². The van der Waals surface area contributed by atoms with Crippen molar-refractivity contribution in [3.05, 3.63) is 0 Å². The average molecular weight is 254 g/mol. The molecule has 1 aliphatic rings. The van der Waals surface area contributed by atoms with Crippen LogP contribution in [-0.4, -0.2) is 27.9 Å². The molecule has 2 N–H and O–H groups in total. The predicted molar refractivity (Wildman–Crippen MR) is 57.0 cm³/mol. The van der Waals surface area contributed by atoms with Crippen molar-refractivity contribution in [2.75, 3.05) is 6.54 Å². The van der Waals surface area contributed by atoms with Gasteiger partial charge in [0.05, 0.1) is 5.41 Å². The molecule has 0 bridgehead atoms. The molecule has 0 aliphatic heterocycles. The maximum atomic E-state index is 11.7. The second kappa shape index (κ2) is 3.83. The second-order valence-electron chi connectivity index (χ2n) is 4.08. The van der Waals surface area contributed by atoms with E-state index >= 15 is 0 Å². The van der Waals surface area contributed by atoms with Crippen molar-refractivity contribution >= 4 is 35.1 Å². The third kappa shape index (κ3) is 2.06. The molecule has 1 aliphatic carbocycles. The van der Waals surface area contributed by atoms with Crippen LogP contribution >= 0.6 is 23.2 Å². The molecular formula is C9H13Cl2NO3. The zero-order chi connectivity index (χ0) is 11.9. The number of alkyl halides is 2. The molecule has 6 heteroatoms. The van der Waals surface area contributed by atoms with Crippen molar-refractivity contribution in [1.82, 2.24) is 5.32 Å². The van der Waals surface area contributed by atoms with Gasteiger partial charge in [0.15, 0.2) is 0 Å². The minimum absolute atomic E-state index is 0.0266. The number of amides is 1. The lowest BCUT2D eigenvalue weighted by molar-refractivity contribution is -0.139. The Morgan fingerprint density at radius 3 is 2.20 bits per heavy atom. The number of hydrogen-bond acceptors (Lipinski definition) is 2. The van der Waals surface area contributed by atoms with Gasteiger partial charge in [0.2, 0.25) is 5.91 Å². The minimum Gasteiger partial charge on any atom is -0.480 e. The summed E-state index contributed by atoms with van der Waals surface area (Å²) >= 11 is 11.9. The number of nitrogens with one attached hydrogen (secondary N) is 1. The minimum atomic E-state index is -1.09. The van der Waals surface area contributed by atoms with E-state index in [2.05, 4.69) is 5.32 Å². The van der Waals surface area contributed by atoms with E-state index in [4.69, 9.17) is 28.3 Å². The number of rotatable bonds is 4. The lowest BCUT2D eigenvalue weighted by Gasteiger charge is -2.20. The maximum absolute atomic E-state index is 11.7. The molecule has 0 spiro atoms. The van der Waals surface area contributed by atoms with Crippen molar-refractivity contribution in [3.63, 3.8) is 0 Å². The molecule has 4 nitrogen and oxygen atoms in total. The van der Waals surface area contributed by atoms with Crippen molar-refractivity contribution in [2.24, 2.45) is 11.3 Å². The summed E-state index contributed by atoms with van der Waals surface area (Å²) in [5.74, 6) is -1.50. The molecule has 1 rings (SSSR count). The predicted octanol–water partition coefficient (Wildman–Crippen LogP) is 1.41. The van der Waals surface area contributed by atoms with Crippen LogP contribution in [0.25, 0.3) is 0 Å². The van der Waals surface area contributed by atoms with Gasteiger partial charge in [-0.3, -0.25) is 9.59 Å². The van der Waals surface area contributed by atoms with Crippen LogP contribution < -0.4 is 5.32 Å². The molecule has 1 saturated carbocycles. The molecule has 1 amide bonds. The summed E-state index contributed by atoms with van der Waals surface area (Å²) < 4.78 is -1.07. The smallest absolute Gasteiger partial charge is 0.322 e.